The number of benzene rings is 3. The van der Waals surface area contributed by atoms with Crippen LogP contribution in [0, 0.1) is 42.4 Å². The van der Waals surface area contributed by atoms with Crippen molar-refractivity contribution >= 4 is 47.4 Å². The molecular weight excluding hydrogens is 902 g/mol. The van der Waals surface area contributed by atoms with Gasteiger partial charge in [0.2, 0.25) is 5.27 Å². The molecule has 1 aliphatic rings. The summed E-state index contributed by atoms with van der Waals surface area (Å²) in [6, 6.07) is 29.4. The SMILES string of the molecule is C1=CCCCCCC1.CC(C)C.CC(C)C.CC(C)C.CC(C)C(=O)Oc1ccccc1P(c1ccccc1)c1ccccc1.CC(C)OC(=O)C(C)C(=O)C(C)C.Cc1c(NC(C)C)on[n+]1C(C)C. The van der Waals surface area contributed by atoms with Crippen molar-refractivity contribution in [1.29, 1.82) is 0 Å². The van der Waals surface area contributed by atoms with Crippen LogP contribution in [0.1, 0.15) is 189 Å². The molecule has 3 aromatic carbocycles. The van der Waals surface area contributed by atoms with Crippen LogP contribution in [0.25, 0.3) is 0 Å². The number of allylic oxidation sites excluding steroid dienone is 2. The molecular formula is C61H101N3O6P+. The number of carbonyl (C=O) groups is 3. The lowest BCUT2D eigenvalue weighted by molar-refractivity contribution is -0.784. The Morgan fingerprint density at radius 3 is 1.37 bits per heavy atom. The number of anilines is 1. The highest BCUT2D eigenvalue weighted by Crippen LogP contribution is 2.36. The van der Waals surface area contributed by atoms with Crippen LogP contribution in [0.4, 0.5) is 5.88 Å². The Hall–Kier alpha value is -4.62. The summed E-state index contributed by atoms with van der Waals surface area (Å²) in [5.74, 6) is 2.32. The third kappa shape index (κ3) is 34.4. The number of para-hydroxylation sites is 1. The monoisotopic (exact) mass is 1000 g/mol. The molecule has 1 aromatic heterocycles. The van der Waals surface area contributed by atoms with E-state index in [-0.39, 0.29) is 29.7 Å². The summed E-state index contributed by atoms with van der Waals surface area (Å²) >= 11 is 0. The second-order valence-corrected chi connectivity index (χ2v) is 23.5. The number of carbonyl (C=O) groups excluding carboxylic acids is 3. The third-order valence-corrected chi connectivity index (χ3v) is 11.5. The van der Waals surface area contributed by atoms with Gasteiger partial charge in [0.15, 0.2) is 6.04 Å². The van der Waals surface area contributed by atoms with E-state index in [1.165, 1.54) is 49.1 Å². The predicted molar refractivity (Wildman–Crippen MR) is 305 cm³/mol. The molecule has 1 heterocycles. The Morgan fingerprint density at radius 1 is 0.577 bits per heavy atom. The van der Waals surface area contributed by atoms with Gasteiger partial charge in [-0.05, 0) is 107 Å². The molecule has 0 spiro atoms. The maximum Gasteiger partial charge on any atom is 0.316 e. The van der Waals surface area contributed by atoms with Gasteiger partial charge in [-0.25, -0.2) is 0 Å². The molecule has 1 aliphatic carbocycles. The van der Waals surface area contributed by atoms with Crippen LogP contribution in [0.15, 0.2) is 102 Å². The van der Waals surface area contributed by atoms with E-state index in [9.17, 15) is 14.4 Å². The molecule has 1 unspecified atom stereocenters. The molecule has 9 nitrogen and oxygen atoms in total. The van der Waals surface area contributed by atoms with Crippen molar-refractivity contribution in [2.45, 2.75) is 202 Å². The molecule has 0 bridgehead atoms. The molecule has 400 valence electrons. The van der Waals surface area contributed by atoms with Gasteiger partial charge in [0.25, 0.3) is 11.6 Å². The van der Waals surface area contributed by atoms with Gasteiger partial charge in [-0.15, -0.1) is 0 Å². The van der Waals surface area contributed by atoms with Gasteiger partial charge >= 0.3 is 11.9 Å². The van der Waals surface area contributed by atoms with Crippen molar-refractivity contribution in [3.63, 3.8) is 0 Å². The van der Waals surface area contributed by atoms with E-state index in [0.717, 1.165) is 34.6 Å². The Labute approximate surface area is 435 Å². The van der Waals surface area contributed by atoms with E-state index in [1.807, 2.05) is 55.8 Å². The minimum absolute atomic E-state index is 0.0642. The summed E-state index contributed by atoms with van der Waals surface area (Å²) in [5, 5.41) is 10.7. The maximum absolute atomic E-state index is 12.1. The number of hydrogen-bond acceptors (Lipinski definition) is 8. The molecule has 0 saturated heterocycles. The number of Topliss-reactive ketones (excluding diaryl/α,β-unsaturated/α-hetero) is 1. The van der Waals surface area contributed by atoms with Crippen molar-refractivity contribution in [3.8, 4) is 5.75 Å². The molecule has 5 rings (SSSR count). The number of nitrogens with one attached hydrogen (secondary N) is 1. The van der Waals surface area contributed by atoms with Gasteiger partial charge in [0.05, 0.1) is 12.0 Å². The van der Waals surface area contributed by atoms with Crippen LogP contribution < -0.4 is 30.6 Å². The summed E-state index contributed by atoms with van der Waals surface area (Å²) in [6.07, 6.45) is 12.8. The molecule has 0 fully saturated rings. The topological polar surface area (TPSA) is 112 Å². The Bertz CT molecular complexity index is 1920. The first-order valence-electron chi connectivity index (χ1n) is 26.5. The van der Waals surface area contributed by atoms with Gasteiger partial charge in [-0.3, -0.25) is 18.9 Å². The molecule has 0 saturated carbocycles. The van der Waals surface area contributed by atoms with Gasteiger partial charge in [-0.1, -0.05) is 194 Å². The summed E-state index contributed by atoms with van der Waals surface area (Å²) < 4.78 is 17.7. The van der Waals surface area contributed by atoms with Crippen molar-refractivity contribution in [3.05, 3.63) is 103 Å². The summed E-state index contributed by atoms with van der Waals surface area (Å²) in [7, 11) is -0.794. The highest BCUT2D eigenvalue weighted by Gasteiger charge is 2.26. The Morgan fingerprint density at radius 2 is 1.00 bits per heavy atom. The molecule has 10 heteroatoms. The molecule has 0 radical (unpaired) electrons. The van der Waals surface area contributed by atoms with E-state index in [4.69, 9.17) is 14.0 Å². The molecule has 71 heavy (non-hydrogen) atoms. The standard InChI is InChI=1S/C22H21O2P.C10H18O3.C9H18N3O.C8H14.3C4H10/c1-17(2)22(23)24-20-15-9-10-16-21(20)25(18-11-5-3-6-12-18)19-13-7-4-8-14-19;1-6(2)9(11)8(5)10(12)13-7(3)4;1-6(2)10-9-8(5)12(7(3)4)11-13-9;1-2-4-6-8-7-5-3-1;3*1-4(2)3/h3-17H,1-2H3;6-8H,1-5H3;6-7,10H,1-5H3;1-2H,3-8H2;3*4H,1-3H3/q;;+1;;;;. The van der Waals surface area contributed by atoms with Crippen LogP contribution in [0.3, 0.4) is 0 Å². The van der Waals surface area contributed by atoms with E-state index < -0.39 is 19.8 Å². The lowest BCUT2D eigenvalue weighted by Crippen LogP contribution is -2.40. The third-order valence-electron chi connectivity index (χ3n) is 8.98. The normalized spacial score (nSPS) is 12.3. The largest absolute Gasteiger partial charge is 0.462 e. The maximum atomic E-state index is 12.1. The molecule has 0 amide bonds. The fraction of sp³-hybridized carbons (Fsp3) is 0.590. The smallest absolute Gasteiger partial charge is 0.316 e. The first-order chi connectivity index (χ1) is 33.2. The lowest BCUT2D eigenvalue weighted by Gasteiger charge is -2.22. The summed E-state index contributed by atoms with van der Waals surface area (Å²) in [6.45, 7) is 42.2. The van der Waals surface area contributed by atoms with Crippen molar-refractivity contribution in [2.24, 2.45) is 35.5 Å². The van der Waals surface area contributed by atoms with Gasteiger partial charge in [-0.2, -0.15) is 0 Å². The van der Waals surface area contributed by atoms with E-state index in [0.29, 0.717) is 17.8 Å². The van der Waals surface area contributed by atoms with Gasteiger partial charge in [0.1, 0.15) is 17.5 Å². The van der Waals surface area contributed by atoms with Crippen molar-refractivity contribution < 1.29 is 33.1 Å². The Kier molecular flexibility index (Phi) is 38.5. The van der Waals surface area contributed by atoms with E-state index >= 15 is 0 Å². The number of aromatic nitrogens is 2. The van der Waals surface area contributed by atoms with Crippen LogP contribution in [0.5, 0.6) is 5.75 Å². The van der Waals surface area contributed by atoms with E-state index in [2.05, 4.69) is 167 Å². The van der Waals surface area contributed by atoms with E-state index in [1.54, 1.807) is 34.6 Å². The quantitative estimate of drug-likeness (QED) is 0.0373. The lowest BCUT2D eigenvalue weighted by atomic mass is 9.97. The molecule has 4 aromatic rings. The fourth-order valence-electron chi connectivity index (χ4n) is 5.79. The average molecular weight is 1000 g/mol. The second-order valence-electron chi connectivity index (χ2n) is 21.3. The highest BCUT2D eigenvalue weighted by atomic mass is 31.1. The minimum atomic E-state index is -0.794. The molecule has 0 aliphatic heterocycles. The number of ether oxygens (including phenoxy) is 2. The number of ketones is 1. The number of esters is 2. The zero-order valence-corrected chi connectivity index (χ0v) is 49.4. The van der Waals surface area contributed by atoms with Crippen LogP contribution in [0.2, 0.25) is 0 Å². The highest BCUT2D eigenvalue weighted by molar-refractivity contribution is 7.80. The summed E-state index contributed by atoms with van der Waals surface area (Å²) in [4.78, 5) is 34.8. The van der Waals surface area contributed by atoms with Gasteiger partial charge in [0, 0.05) is 38.0 Å². The van der Waals surface area contributed by atoms with Gasteiger partial charge < -0.3 is 14.8 Å². The fourth-order valence-corrected chi connectivity index (χ4v) is 8.16. The number of hydrogen-bond donors (Lipinski definition) is 1. The zero-order chi connectivity index (χ0) is 54.6. The van der Waals surface area contributed by atoms with Crippen LogP contribution in [-0.2, 0) is 19.1 Å². The Balaban J connectivity index is 0. The number of rotatable bonds is 12. The molecule has 1 N–H and O–H groups in total. The van der Waals surface area contributed by atoms with Crippen LogP contribution >= 0.6 is 7.92 Å². The van der Waals surface area contributed by atoms with Crippen molar-refractivity contribution in [2.75, 3.05) is 5.32 Å². The zero-order valence-electron chi connectivity index (χ0n) is 48.5. The number of nitrogens with zero attached hydrogens (tertiary/aromatic N) is 2. The first kappa shape index (κ1) is 68.5. The second kappa shape index (κ2) is 39.9. The van der Waals surface area contributed by atoms with Crippen molar-refractivity contribution in [1.82, 2.24) is 5.27 Å². The minimum Gasteiger partial charge on any atom is -0.462 e. The predicted octanol–water partition coefficient (Wildman–Crippen LogP) is 15.4. The van der Waals surface area contributed by atoms with Crippen LogP contribution in [-0.4, -0.2) is 35.1 Å². The first-order valence-corrected chi connectivity index (χ1v) is 27.8. The average Bonchev–Trinajstić information content (AvgIpc) is 3.63. The summed E-state index contributed by atoms with van der Waals surface area (Å²) in [5.41, 5.74) is 1.05. The molecule has 1 atom stereocenters.